The quantitative estimate of drug-likeness (QED) is 0.152. The van der Waals surface area contributed by atoms with E-state index in [1.807, 2.05) is 0 Å². The van der Waals surface area contributed by atoms with Crippen molar-refractivity contribution in [1.82, 2.24) is 4.57 Å². The van der Waals surface area contributed by atoms with Crippen LogP contribution in [0.15, 0.2) is 231 Å². The number of anilines is 3. The fraction of sp³-hybridized carbons (Fsp3) is 0. The van der Waals surface area contributed by atoms with Gasteiger partial charge in [0.25, 0.3) is 0 Å². The van der Waals surface area contributed by atoms with E-state index in [2.05, 4.69) is 240 Å². The molecule has 0 radical (unpaired) electrons. The lowest BCUT2D eigenvalue weighted by Gasteiger charge is -2.27. The van der Waals surface area contributed by atoms with Crippen molar-refractivity contribution in [3.63, 3.8) is 0 Å². The van der Waals surface area contributed by atoms with Gasteiger partial charge in [-0.25, -0.2) is 0 Å². The normalized spacial score (nSPS) is 11.2. The van der Waals surface area contributed by atoms with E-state index in [1.165, 1.54) is 60.8 Å². The summed E-state index contributed by atoms with van der Waals surface area (Å²) < 4.78 is 2.38. The number of nitrogens with zero attached hydrogens (tertiary/aromatic N) is 2. The Kier molecular flexibility index (Phi) is 8.55. The van der Waals surface area contributed by atoms with E-state index in [1.54, 1.807) is 0 Å². The molecule has 0 spiro atoms. The Bertz CT molecular complexity index is 2940. The van der Waals surface area contributed by atoms with Gasteiger partial charge in [0.1, 0.15) is 0 Å². The van der Waals surface area contributed by atoms with Crippen LogP contribution in [0, 0.1) is 0 Å². The lowest BCUT2D eigenvalue weighted by atomic mass is 9.95. The molecule has 0 saturated carbocycles. The fourth-order valence-electron chi connectivity index (χ4n) is 8.14. The predicted octanol–water partition coefficient (Wildman–Crippen LogP) is 14.9. The highest BCUT2D eigenvalue weighted by molar-refractivity contribution is 6.15. The minimum Gasteiger partial charge on any atom is -0.310 e. The highest BCUT2D eigenvalue weighted by Crippen LogP contribution is 2.41. The smallest absolute Gasteiger partial charge is 0.0547 e. The van der Waals surface area contributed by atoms with E-state index in [9.17, 15) is 0 Å². The van der Waals surface area contributed by atoms with Crippen LogP contribution >= 0.6 is 0 Å². The van der Waals surface area contributed by atoms with E-state index < -0.39 is 0 Å². The van der Waals surface area contributed by atoms with Crippen molar-refractivity contribution in [3.05, 3.63) is 231 Å². The Balaban J connectivity index is 1.08. The molecule has 2 nitrogen and oxygen atoms in total. The van der Waals surface area contributed by atoms with E-state index in [0.717, 1.165) is 28.3 Å². The van der Waals surface area contributed by atoms with Crippen molar-refractivity contribution >= 4 is 38.9 Å². The maximum atomic E-state index is 2.38. The number of rotatable bonds is 8. The molecule has 0 fully saturated rings. The predicted molar refractivity (Wildman–Crippen MR) is 237 cm³/mol. The lowest BCUT2D eigenvalue weighted by molar-refractivity contribution is 1.18. The summed E-state index contributed by atoms with van der Waals surface area (Å²) in [4.78, 5) is 2.37. The molecule has 0 bridgehead atoms. The molecule has 9 aromatic carbocycles. The minimum absolute atomic E-state index is 1.10. The first-order valence-electron chi connectivity index (χ1n) is 19.2. The second kappa shape index (κ2) is 14.4. The Labute approximate surface area is 327 Å². The summed E-state index contributed by atoms with van der Waals surface area (Å²) in [5.41, 5.74) is 16.4. The Hall–Kier alpha value is -7.42. The first kappa shape index (κ1) is 33.2. The molecule has 0 N–H and O–H groups in total. The van der Waals surface area contributed by atoms with Gasteiger partial charge >= 0.3 is 0 Å². The summed E-state index contributed by atoms with van der Waals surface area (Å²) in [6.07, 6.45) is 0. The third-order valence-corrected chi connectivity index (χ3v) is 10.8. The van der Waals surface area contributed by atoms with Gasteiger partial charge in [-0.05, 0) is 111 Å². The van der Waals surface area contributed by atoms with Crippen LogP contribution in [0.4, 0.5) is 17.1 Å². The van der Waals surface area contributed by atoms with E-state index >= 15 is 0 Å². The highest BCUT2D eigenvalue weighted by Gasteiger charge is 2.18. The monoisotopic (exact) mass is 714 g/mol. The maximum absolute atomic E-state index is 2.38. The average Bonchev–Trinajstić information content (AvgIpc) is 3.63. The van der Waals surface area contributed by atoms with Crippen LogP contribution in [0.25, 0.3) is 72.0 Å². The fourth-order valence-corrected chi connectivity index (χ4v) is 8.14. The van der Waals surface area contributed by atoms with Crippen molar-refractivity contribution in [2.45, 2.75) is 0 Å². The summed E-state index contributed by atoms with van der Waals surface area (Å²) >= 11 is 0. The largest absolute Gasteiger partial charge is 0.310 e. The molecule has 1 aromatic heterocycles. The Morgan fingerprint density at radius 3 is 1.43 bits per heavy atom. The maximum Gasteiger partial charge on any atom is 0.0547 e. The number of hydrogen-bond donors (Lipinski definition) is 0. The first-order valence-corrected chi connectivity index (χ1v) is 19.2. The van der Waals surface area contributed by atoms with Crippen LogP contribution in [0.3, 0.4) is 0 Å². The summed E-state index contributed by atoms with van der Waals surface area (Å²) in [7, 11) is 0. The van der Waals surface area contributed by atoms with Crippen LogP contribution in [0.1, 0.15) is 0 Å². The third kappa shape index (κ3) is 6.14. The van der Waals surface area contributed by atoms with E-state index in [-0.39, 0.29) is 0 Å². The van der Waals surface area contributed by atoms with Gasteiger partial charge < -0.3 is 9.47 Å². The van der Waals surface area contributed by atoms with Crippen molar-refractivity contribution in [2.75, 3.05) is 4.90 Å². The topological polar surface area (TPSA) is 8.17 Å². The molecule has 0 amide bonds. The van der Waals surface area contributed by atoms with Crippen LogP contribution < -0.4 is 4.90 Å². The first-order chi connectivity index (χ1) is 27.8. The molecular formula is C54H38N2. The lowest BCUT2D eigenvalue weighted by Crippen LogP contribution is -2.10. The van der Waals surface area contributed by atoms with Gasteiger partial charge in [-0.2, -0.15) is 0 Å². The SMILES string of the molecule is c1ccc(-c2ccc(N(c3cccc(-c4ccccc4)c3)c3cccc(-c4cccc(-c5cccc6c5c5ccccc5n6-c5ccccc5)c4)c3)cc2)cc1. The van der Waals surface area contributed by atoms with E-state index in [0.29, 0.717) is 0 Å². The van der Waals surface area contributed by atoms with Gasteiger partial charge in [-0.1, -0.05) is 164 Å². The van der Waals surface area contributed by atoms with Gasteiger partial charge in [0.2, 0.25) is 0 Å². The Morgan fingerprint density at radius 2 is 0.750 bits per heavy atom. The van der Waals surface area contributed by atoms with Crippen LogP contribution in [0.2, 0.25) is 0 Å². The molecule has 56 heavy (non-hydrogen) atoms. The zero-order chi connectivity index (χ0) is 37.3. The molecule has 10 rings (SSSR count). The molecule has 10 aromatic rings. The zero-order valence-corrected chi connectivity index (χ0v) is 30.8. The van der Waals surface area contributed by atoms with Crippen LogP contribution in [-0.2, 0) is 0 Å². The van der Waals surface area contributed by atoms with Gasteiger partial charge in [0.05, 0.1) is 11.0 Å². The second-order valence-electron chi connectivity index (χ2n) is 14.2. The molecule has 0 unspecified atom stereocenters. The zero-order valence-electron chi connectivity index (χ0n) is 30.8. The van der Waals surface area contributed by atoms with Gasteiger partial charge in [-0.15, -0.1) is 0 Å². The summed E-state index contributed by atoms with van der Waals surface area (Å²) in [5.74, 6) is 0. The summed E-state index contributed by atoms with van der Waals surface area (Å²) in [6.45, 7) is 0. The van der Waals surface area contributed by atoms with Crippen molar-refractivity contribution in [3.8, 4) is 50.2 Å². The van der Waals surface area contributed by atoms with Gasteiger partial charge in [-0.3, -0.25) is 0 Å². The molecule has 264 valence electrons. The summed E-state index contributed by atoms with van der Waals surface area (Å²) in [5, 5.41) is 2.52. The molecule has 0 aliphatic rings. The van der Waals surface area contributed by atoms with Crippen molar-refractivity contribution in [2.24, 2.45) is 0 Å². The van der Waals surface area contributed by atoms with Gasteiger partial charge in [0.15, 0.2) is 0 Å². The van der Waals surface area contributed by atoms with Crippen molar-refractivity contribution < 1.29 is 0 Å². The standard InChI is InChI=1S/C54H38N2/c1-4-16-39(17-5-1)41-32-34-47(35-33-41)55(48-26-13-21-43(37-48)40-18-6-2-7-19-40)49-27-14-22-44(38-49)42-20-12-23-45(36-42)50-29-15-31-53-54(50)51-28-10-11-30-52(51)56(53)46-24-8-3-9-25-46/h1-38H. The van der Waals surface area contributed by atoms with Gasteiger partial charge in [0, 0.05) is 33.5 Å². The molecule has 1 heterocycles. The Morgan fingerprint density at radius 1 is 0.286 bits per heavy atom. The van der Waals surface area contributed by atoms with Crippen molar-refractivity contribution in [1.29, 1.82) is 0 Å². The summed E-state index contributed by atoms with van der Waals surface area (Å²) in [6, 6.07) is 83.0. The number of benzene rings is 9. The number of fused-ring (bicyclic) bond motifs is 3. The number of aromatic nitrogens is 1. The molecular weight excluding hydrogens is 677 g/mol. The number of hydrogen-bond acceptors (Lipinski definition) is 1. The number of para-hydroxylation sites is 2. The average molecular weight is 715 g/mol. The minimum atomic E-state index is 1.10. The molecule has 0 aliphatic heterocycles. The molecule has 0 saturated heterocycles. The van der Waals surface area contributed by atoms with E-state index in [4.69, 9.17) is 0 Å². The molecule has 0 aliphatic carbocycles. The highest BCUT2D eigenvalue weighted by atomic mass is 15.1. The molecule has 0 atom stereocenters. The second-order valence-corrected chi connectivity index (χ2v) is 14.2. The van der Waals surface area contributed by atoms with Crippen LogP contribution in [-0.4, -0.2) is 4.57 Å². The third-order valence-electron chi connectivity index (χ3n) is 10.8. The van der Waals surface area contributed by atoms with Crippen LogP contribution in [0.5, 0.6) is 0 Å². The molecule has 2 heteroatoms.